The van der Waals surface area contributed by atoms with Crippen LogP contribution in [0.2, 0.25) is 0 Å². The average Bonchev–Trinajstić information content (AvgIpc) is 2.80. The van der Waals surface area contributed by atoms with Gasteiger partial charge in [-0.15, -0.1) is 0 Å². The summed E-state index contributed by atoms with van der Waals surface area (Å²) < 4.78 is 0. The molecule has 0 N–H and O–H groups in total. The molecule has 0 radical (unpaired) electrons. The maximum absolute atomic E-state index is 12.0. The van der Waals surface area contributed by atoms with E-state index in [0.717, 1.165) is 23.5 Å². The Bertz CT molecular complexity index is 376. The molecule has 0 bridgehead atoms. The zero-order valence-electron chi connectivity index (χ0n) is 11.2. The van der Waals surface area contributed by atoms with Gasteiger partial charge in [0.25, 0.3) is 0 Å². The van der Waals surface area contributed by atoms with Gasteiger partial charge in [-0.1, -0.05) is 36.7 Å². The molecule has 2 amide bonds. The lowest BCUT2D eigenvalue weighted by molar-refractivity contribution is -0.107. The minimum atomic E-state index is -0.0761. The normalized spacial score (nSPS) is 14.5. The quantitative estimate of drug-likeness (QED) is 0.637. The summed E-state index contributed by atoms with van der Waals surface area (Å²) in [6.45, 7) is 9.24. The summed E-state index contributed by atoms with van der Waals surface area (Å²) in [5.41, 5.74) is 0. The number of rotatable bonds is 8. The van der Waals surface area contributed by atoms with Gasteiger partial charge in [-0.05, 0) is 12.2 Å². The van der Waals surface area contributed by atoms with E-state index in [2.05, 4.69) is 13.2 Å². The predicted octanol–water partition coefficient (Wildman–Crippen LogP) is 1.62. The third-order valence-electron chi connectivity index (χ3n) is 2.73. The van der Waals surface area contributed by atoms with Crippen LogP contribution in [-0.2, 0) is 9.59 Å². The van der Waals surface area contributed by atoms with E-state index in [4.69, 9.17) is 0 Å². The van der Waals surface area contributed by atoms with Gasteiger partial charge in [0.2, 0.25) is 10.2 Å². The number of carbonyl (C=O) groups excluding carboxylic acids is 3. The fraction of sp³-hybridized carbons (Fsp3) is 0.462. The Labute approximate surface area is 127 Å². The van der Waals surface area contributed by atoms with Gasteiger partial charge in [0.15, 0.2) is 0 Å². The molecule has 1 aliphatic rings. The van der Waals surface area contributed by atoms with Gasteiger partial charge >= 0.3 is 6.03 Å². The summed E-state index contributed by atoms with van der Waals surface area (Å²) in [5, 5.41) is -0.152. The van der Waals surface area contributed by atoms with Gasteiger partial charge in [-0.3, -0.25) is 9.59 Å². The highest BCUT2D eigenvalue weighted by Gasteiger charge is 2.27. The second-order valence-corrected chi connectivity index (χ2v) is 6.20. The van der Waals surface area contributed by atoms with Crippen LogP contribution in [-0.4, -0.2) is 63.7 Å². The first-order valence-corrected chi connectivity index (χ1v) is 8.18. The minimum absolute atomic E-state index is 0.0247. The Morgan fingerprint density at radius 3 is 1.75 bits per heavy atom. The van der Waals surface area contributed by atoms with Crippen LogP contribution < -0.4 is 0 Å². The number of hydrogen-bond donors (Lipinski definition) is 0. The van der Waals surface area contributed by atoms with Crippen LogP contribution in [0.5, 0.6) is 0 Å². The lowest BCUT2D eigenvalue weighted by Gasteiger charge is -2.17. The molecule has 0 aromatic carbocycles. The van der Waals surface area contributed by atoms with E-state index in [0.29, 0.717) is 37.7 Å². The molecule has 1 fully saturated rings. The van der Waals surface area contributed by atoms with E-state index in [9.17, 15) is 14.4 Å². The summed E-state index contributed by atoms with van der Waals surface area (Å²) in [5.74, 6) is 1.16. The molecule has 0 aliphatic carbocycles. The van der Waals surface area contributed by atoms with Crippen molar-refractivity contribution in [2.75, 3.05) is 37.7 Å². The van der Waals surface area contributed by atoms with Crippen LogP contribution in [0, 0.1) is 0 Å². The van der Waals surface area contributed by atoms with Crippen molar-refractivity contribution in [2.24, 2.45) is 0 Å². The van der Waals surface area contributed by atoms with Gasteiger partial charge in [0.1, 0.15) is 0 Å². The Hall–Kier alpha value is -1.21. The average molecular weight is 314 g/mol. The Kier molecular flexibility index (Phi) is 7.46. The molecule has 7 heteroatoms. The SMILES string of the molecule is C=CC(=O)SCCN1CCN(CCSC(=O)C=C)C1=O. The van der Waals surface area contributed by atoms with Crippen molar-refractivity contribution in [2.45, 2.75) is 0 Å². The smallest absolute Gasteiger partial charge is 0.320 e. The number of carbonyl (C=O) groups is 3. The van der Waals surface area contributed by atoms with Crippen molar-refractivity contribution in [3.8, 4) is 0 Å². The largest absolute Gasteiger partial charge is 0.322 e. The molecule has 0 atom stereocenters. The molecule has 1 heterocycles. The van der Waals surface area contributed by atoms with Crippen LogP contribution in [0.3, 0.4) is 0 Å². The Morgan fingerprint density at radius 2 is 1.40 bits per heavy atom. The number of hydrogen-bond acceptors (Lipinski definition) is 5. The second-order valence-electron chi connectivity index (χ2n) is 4.00. The van der Waals surface area contributed by atoms with E-state index in [-0.39, 0.29) is 16.3 Å². The van der Waals surface area contributed by atoms with Crippen molar-refractivity contribution < 1.29 is 14.4 Å². The van der Waals surface area contributed by atoms with Crippen LogP contribution in [0.15, 0.2) is 25.3 Å². The molecule has 20 heavy (non-hydrogen) atoms. The van der Waals surface area contributed by atoms with Crippen molar-refractivity contribution in [1.82, 2.24) is 9.80 Å². The van der Waals surface area contributed by atoms with E-state index < -0.39 is 0 Å². The lowest BCUT2D eigenvalue weighted by atomic mass is 10.5. The lowest BCUT2D eigenvalue weighted by Crippen LogP contribution is -2.34. The molecule has 0 spiro atoms. The molecular weight excluding hydrogens is 296 g/mol. The number of nitrogens with zero attached hydrogens (tertiary/aromatic N) is 2. The van der Waals surface area contributed by atoms with Crippen molar-refractivity contribution in [3.05, 3.63) is 25.3 Å². The van der Waals surface area contributed by atoms with Crippen molar-refractivity contribution >= 4 is 39.8 Å². The zero-order valence-corrected chi connectivity index (χ0v) is 12.9. The number of thioether (sulfide) groups is 2. The van der Waals surface area contributed by atoms with E-state index in [1.54, 1.807) is 9.80 Å². The Balaban J connectivity index is 2.25. The maximum Gasteiger partial charge on any atom is 0.320 e. The molecular formula is C13H18N2O3S2. The van der Waals surface area contributed by atoms with Crippen LogP contribution in [0.4, 0.5) is 4.79 Å². The van der Waals surface area contributed by atoms with Gasteiger partial charge < -0.3 is 9.80 Å². The van der Waals surface area contributed by atoms with Crippen molar-refractivity contribution in [3.63, 3.8) is 0 Å². The number of urea groups is 1. The highest BCUT2D eigenvalue weighted by Crippen LogP contribution is 2.12. The van der Waals surface area contributed by atoms with Crippen LogP contribution in [0.1, 0.15) is 0 Å². The number of amides is 2. The molecule has 1 saturated heterocycles. The van der Waals surface area contributed by atoms with E-state index in [1.165, 1.54) is 12.2 Å². The summed E-state index contributed by atoms with van der Waals surface area (Å²) in [6.07, 6.45) is 2.55. The Morgan fingerprint density at radius 1 is 1.00 bits per heavy atom. The van der Waals surface area contributed by atoms with Gasteiger partial charge in [-0.25, -0.2) is 4.79 Å². The van der Waals surface area contributed by atoms with Gasteiger partial charge in [-0.2, -0.15) is 0 Å². The first-order valence-electron chi connectivity index (χ1n) is 6.20. The summed E-state index contributed by atoms with van der Waals surface area (Å²) in [7, 11) is 0. The maximum atomic E-state index is 12.0. The van der Waals surface area contributed by atoms with Crippen LogP contribution in [0.25, 0.3) is 0 Å². The molecule has 0 saturated carbocycles. The topological polar surface area (TPSA) is 57.7 Å². The first kappa shape index (κ1) is 16.8. The van der Waals surface area contributed by atoms with E-state index in [1.807, 2.05) is 0 Å². The van der Waals surface area contributed by atoms with Crippen LogP contribution >= 0.6 is 23.5 Å². The fourth-order valence-electron chi connectivity index (χ4n) is 1.68. The molecule has 5 nitrogen and oxygen atoms in total. The zero-order chi connectivity index (χ0) is 15.0. The third-order valence-corrected chi connectivity index (χ3v) is 4.40. The molecule has 1 aliphatic heterocycles. The third kappa shape index (κ3) is 5.42. The monoisotopic (exact) mass is 314 g/mol. The predicted molar refractivity (Wildman–Crippen MR) is 83.9 cm³/mol. The highest BCUT2D eigenvalue weighted by atomic mass is 32.2. The second kappa shape index (κ2) is 8.86. The molecule has 110 valence electrons. The fourth-order valence-corrected chi connectivity index (χ4v) is 2.94. The molecule has 0 aromatic heterocycles. The molecule has 1 rings (SSSR count). The standard InChI is InChI=1S/C13H18N2O3S2/c1-3-11(16)19-9-7-14-5-6-15(13(14)18)8-10-20-12(17)4-2/h3-4H,1-2,5-10H2. The summed E-state index contributed by atoms with van der Waals surface area (Å²) >= 11 is 2.32. The highest BCUT2D eigenvalue weighted by molar-refractivity contribution is 8.14. The van der Waals surface area contributed by atoms with Crippen molar-refractivity contribution in [1.29, 1.82) is 0 Å². The molecule has 0 unspecified atom stereocenters. The molecule has 0 aromatic rings. The minimum Gasteiger partial charge on any atom is -0.322 e. The van der Waals surface area contributed by atoms with Gasteiger partial charge in [0, 0.05) is 37.7 Å². The first-order chi connectivity index (χ1) is 9.58. The van der Waals surface area contributed by atoms with Gasteiger partial charge in [0.05, 0.1) is 0 Å². The van der Waals surface area contributed by atoms with E-state index >= 15 is 0 Å². The summed E-state index contributed by atoms with van der Waals surface area (Å²) in [6, 6.07) is -0.0247. The summed E-state index contributed by atoms with van der Waals surface area (Å²) in [4.78, 5) is 37.6.